The summed E-state index contributed by atoms with van der Waals surface area (Å²) in [5.41, 5.74) is -0.226. The molecule has 1 N–H and O–H groups in total. The molecule has 10 heteroatoms. The number of halogens is 3. The lowest BCUT2D eigenvalue weighted by Crippen LogP contribution is -2.33. The number of rotatable bonds is 6. The number of carbonyl (C=O) groups is 2. The topological polar surface area (TPSA) is 80.6 Å². The minimum Gasteiger partial charge on any atom is -0.469 e. The summed E-state index contributed by atoms with van der Waals surface area (Å²) in [7, 11) is 1.15. The number of likely N-dealkylation sites (tertiary alicyclic amines) is 1. The van der Waals surface area contributed by atoms with Crippen molar-refractivity contribution in [3.63, 3.8) is 0 Å². The maximum Gasteiger partial charge on any atom is 0.310 e. The molecular formula is C20H20F3N3O4. The Bertz CT molecular complexity index is 995. The van der Waals surface area contributed by atoms with Crippen LogP contribution in [0, 0.1) is 17.7 Å². The molecule has 30 heavy (non-hydrogen) atoms. The van der Waals surface area contributed by atoms with Crippen molar-refractivity contribution in [3.05, 3.63) is 58.8 Å². The van der Waals surface area contributed by atoms with Gasteiger partial charge in [0.2, 0.25) is 5.91 Å². The third kappa shape index (κ3) is 4.70. The van der Waals surface area contributed by atoms with Crippen LogP contribution in [0.25, 0.3) is 5.69 Å². The van der Waals surface area contributed by atoms with Crippen LogP contribution in [0.4, 0.5) is 18.9 Å². The highest BCUT2D eigenvalue weighted by atomic mass is 19.3. The third-order valence-corrected chi connectivity index (χ3v) is 4.94. The van der Waals surface area contributed by atoms with Crippen LogP contribution in [-0.2, 0) is 14.3 Å². The van der Waals surface area contributed by atoms with Crippen LogP contribution in [0.15, 0.2) is 47.4 Å². The molecule has 7 nitrogen and oxygen atoms in total. The van der Waals surface area contributed by atoms with Gasteiger partial charge in [0.05, 0.1) is 36.9 Å². The number of ether oxygens (including phenoxy) is 1. The van der Waals surface area contributed by atoms with Gasteiger partial charge in [0.1, 0.15) is 5.82 Å². The lowest BCUT2D eigenvalue weighted by Gasteiger charge is -2.17. The summed E-state index contributed by atoms with van der Waals surface area (Å²) in [5, 5.41) is 2.41. The van der Waals surface area contributed by atoms with E-state index in [9.17, 15) is 27.6 Å². The van der Waals surface area contributed by atoms with Crippen LogP contribution in [0.3, 0.4) is 0 Å². The number of nitrogens with one attached hydrogen (secondary N) is 1. The van der Waals surface area contributed by atoms with Crippen LogP contribution in [0.5, 0.6) is 0 Å². The summed E-state index contributed by atoms with van der Waals surface area (Å²) in [6.07, 6.45) is -1.14. The number of aromatic nitrogens is 1. The predicted octanol–water partition coefficient (Wildman–Crippen LogP) is 1.90. The number of benzene rings is 1. The number of nitrogens with zero attached hydrogens (tertiary/aromatic N) is 2. The molecule has 0 aliphatic carbocycles. The van der Waals surface area contributed by atoms with E-state index in [1.165, 1.54) is 33.9 Å². The Kier molecular flexibility index (Phi) is 6.56. The minimum atomic E-state index is -2.61. The molecule has 0 radical (unpaired) electrons. The van der Waals surface area contributed by atoms with E-state index in [0.29, 0.717) is 0 Å². The Labute approximate surface area is 170 Å². The molecule has 0 spiro atoms. The highest BCUT2D eigenvalue weighted by Gasteiger charge is 2.43. The zero-order valence-electron chi connectivity index (χ0n) is 16.1. The molecule has 1 aliphatic rings. The van der Waals surface area contributed by atoms with Crippen molar-refractivity contribution < 1.29 is 27.5 Å². The van der Waals surface area contributed by atoms with Crippen molar-refractivity contribution >= 4 is 17.6 Å². The molecule has 1 amide bonds. The van der Waals surface area contributed by atoms with Crippen molar-refractivity contribution in [2.24, 2.45) is 11.8 Å². The van der Waals surface area contributed by atoms with Gasteiger partial charge < -0.3 is 10.1 Å². The second kappa shape index (κ2) is 9.12. The van der Waals surface area contributed by atoms with E-state index in [2.05, 4.69) is 10.1 Å². The summed E-state index contributed by atoms with van der Waals surface area (Å²) in [6.45, 7) is -0.700. The number of carbonyl (C=O) groups excluding carboxylic acids is 2. The zero-order valence-corrected chi connectivity index (χ0v) is 16.1. The van der Waals surface area contributed by atoms with E-state index in [1.54, 1.807) is 12.1 Å². The van der Waals surface area contributed by atoms with Gasteiger partial charge in [0.15, 0.2) is 0 Å². The molecule has 0 bridgehead atoms. The van der Waals surface area contributed by atoms with E-state index >= 15 is 0 Å². The van der Waals surface area contributed by atoms with Crippen LogP contribution in [-0.4, -0.2) is 54.5 Å². The van der Waals surface area contributed by atoms with Crippen molar-refractivity contribution in [2.45, 2.75) is 6.43 Å². The molecule has 1 fully saturated rings. The first kappa shape index (κ1) is 21.6. The summed E-state index contributed by atoms with van der Waals surface area (Å²) in [6, 6.07) is 8.34. The van der Waals surface area contributed by atoms with Crippen LogP contribution in [0.1, 0.15) is 0 Å². The van der Waals surface area contributed by atoms with Gasteiger partial charge in [-0.2, -0.15) is 0 Å². The monoisotopic (exact) mass is 423 g/mol. The second-order valence-corrected chi connectivity index (χ2v) is 6.91. The van der Waals surface area contributed by atoms with Gasteiger partial charge >= 0.3 is 5.97 Å². The third-order valence-electron chi connectivity index (χ3n) is 4.94. The van der Waals surface area contributed by atoms with Gasteiger partial charge in [0.25, 0.3) is 12.0 Å². The first-order valence-corrected chi connectivity index (χ1v) is 9.17. The molecule has 2 aromatic rings. The van der Waals surface area contributed by atoms with Crippen LogP contribution in [0.2, 0.25) is 0 Å². The number of esters is 1. The Balaban J connectivity index is 1.78. The van der Waals surface area contributed by atoms with Gasteiger partial charge in [-0.1, -0.05) is 6.07 Å². The molecule has 1 aromatic carbocycles. The van der Waals surface area contributed by atoms with Crippen LogP contribution >= 0.6 is 0 Å². The van der Waals surface area contributed by atoms with Gasteiger partial charge in [-0.25, -0.2) is 13.2 Å². The first-order chi connectivity index (χ1) is 14.3. The van der Waals surface area contributed by atoms with Crippen molar-refractivity contribution in [1.82, 2.24) is 9.47 Å². The molecule has 1 aliphatic heterocycles. The zero-order chi connectivity index (χ0) is 21.8. The molecule has 0 saturated carbocycles. The average Bonchev–Trinajstić information content (AvgIpc) is 3.12. The van der Waals surface area contributed by atoms with Crippen molar-refractivity contribution in [1.29, 1.82) is 0 Å². The number of anilines is 1. The highest BCUT2D eigenvalue weighted by Crippen LogP contribution is 2.27. The molecule has 2 atom stereocenters. The number of hydrogen-bond acceptors (Lipinski definition) is 5. The summed E-state index contributed by atoms with van der Waals surface area (Å²) in [5.74, 6) is -4.04. The maximum absolute atomic E-state index is 14.6. The number of pyridine rings is 1. The van der Waals surface area contributed by atoms with Crippen molar-refractivity contribution in [3.8, 4) is 5.69 Å². The fraction of sp³-hybridized carbons (Fsp3) is 0.350. The SMILES string of the molecule is COC(=O)C1CN(CC(F)F)C[C@@H]1C(=O)Nc1ccc(-n2ccccc2=O)cc1F. The smallest absolute Gasteiger partial charge is 0.310 e. The minimum absolute atomic E-state index is 0.0482. The Morgan fingerprint density at radius 2 is 1.93 bits per heavy atom. The van der Waals surface area contributed by atoms with Gasteiger partial charge in [-0.15, -0.1) is 0 Å². The molecule has 1 saturated heterocycles. The predicted molar refractivity (Wildman–Crippen MR) is 102 cm³/mol. The molecule has 1 aromatic heterocycles. The quantitative estimate of drug-likeness (QED) is 0.718. The number of amides is 1. The lowest BCUT2D eigenvalue weighted by molar-refractivity contribution is -0.148. The summed E-state index contributed by atoms with van der Waals surface area (Å²) in [4.78, 5) is 37.8. The standard InChI is InChI=1S/C20H20F3N3O4/c1-30-20(29)14-10-25(11-17(22)23)9-13(14)19(28)24-16-6-5-12(8-15(16)21)26-7-3-2-4-18(26)27/h2-8,13-14,17H,9-11H2,1H3,(H,24,28)/t13-,14?/m0/s1. The Hall–Kier alpha value is -3.14. The normalized spacial score (nSPS) is 19.1. The molecular weight excluding hydrogens is 403 g/mol. The largest absolute Gasteiger partial charge is 0.469 e. The lowest BCUT2D eigenvalue weighted by atomic mass is 9.95. The van der Waals surface area contributed by atoms with Gasteiger partial charge in [-0.05, 0) is 18.2 Å². The van der Waals surface area contributed by atoms with E-state index in [0.717, 1.165) is 13.2 Å². The second-order valence-electron chi connectivity index (χ2n) is 6.91. The number of alkyl halides is 2. The van der Waals surface area contributed by atoms with Gasteiger partial charge in [-0.3, -0.25) is 23.9 Å². The van der Waals surface area contributed by atoms with E-state index in [4.69, 9.17) is 0 Å². The Morgan fingerprint density at radius 3 is 2.57 bits per heavy atom. The maximum atomic E-state index is 14.6. The summed E-state index contributed by atoms with van der Waals surface area (Å²) >= 11 is 0. The number of methoxy groups -OCH3 is 1. The molecule has 1 unspecified atom stereocenters. The Morgan fingerprint density at radius 1 is 1.20 bits per heavy atom. The average molecular weight is 423 g/mol. The molecule has 3 rings (SSSR count). The van der Waals surface area contributed by atoms with Crippen LogP contribution < -0.4 is 10.9 Å². The van der Waals surface area contributed by atoms with E-state index < -0.39 is 42.5 Å². The first-order valence-electron chi connectivity index (χ1n) is 9.17. The van der Waals surface area contributed by atoms with E-state index in [1.807, 2.05) is 0 Å². The molecule has 160 valence electrons. The fourth-order valence-corrected chi connectivity index (χ4v) is 3.51. The number of hydrogen-bond donors (Lipinski definition) is 1. The highest BCUT2D eigenvalue weighted by molar-refractivity contribution is 5.96. The van der Waals surface area contributed by atoms with E-state index in [-0.39, 0.29) is 30.0 Å². The fourth-order valence-electron chi connectivity index (χ4n) is 3.51. The molecule has 2 heterocycles. The van der Waals surface area contributed by atoms with Gasteiger partial charge in [0, 0.05) is 31.4 Å². The summed E-state index contributed by atoms with van der Waals surface area (Å²) < 4.78 is 45.9. The van der Waals surface area contributed by atoms with Crippen molar-refractivity contribution in [2.75, 3.05) is 32.1 Å².